The first-order valence-electron chi connectivity index (χ1n) is 6.76. The van der Waals surface area contributed by atoms with E-state index in [2.05, 4.69) is 0 Å². The number of hydrogen-bond donors (Lipinski definition) is 0. The van der Waals surface area contributed by atoms with Crippen molar-refractivity contribution in [3.05, 3.63) is 58.7 Å². The van der Waals surface area contributed by atoms with E-state index in [1.807, 2.05) is 0 Å². The summed E-state index contributed by atoms with van der Waals surface area (Å²) < 4.78 is 67.3. The van der Waals surface area contributed by atoms with Gasteiger partial charge in [-0.2, -0.15) is 0 Å². The number of benzene rings is 2. The molecule has 0 aliphatic rings. The van der Waals surface area contributed by atoms with Crippen LogP contribution >= 0.6 is 0 Å². The largest absolute Gasteiger partial charge is 0.249 e. The molecule has 0 heterocycles. The van der Waals surface area contributed by atoms with Crippen LogP contribution in [0.25, 0.3) is 0 Å². The van der Waals surface area contributed by atoms with Gasteiger partial charge in [0.2, 0.25) is 0 Å². The van der Waals surface area contributed by atoms with Gasteiger partial charge in [-0.3, -0.25) is 0 Å². The first-order valence-corrected chi connectivity index (χ1v) is 7.91. The van der Waals surface area contributed by atoms with Crippen molar-refractivity contribution in [1.82, 2.24) is 0 Å². The van der Waals surface area contributed by atoms with Crippen molar-refractivity contribution in [2.24, 2.45) is 0 Å². The number of rotatable bonds is 4. The van der Waals surface area contributed by atoms with Crippen LogP contribution in [-0.4, -0.2) is 4.21 Å². The normalized spacial score (nSPS) is 11.2. The van der Waals surface area contributed by atoms with Crippen molar-refractivity contribution >= 4 is 10.8 Å². The van der Waals surface area contributed by atoms with Gasteiger partial charge in [-0.05, 0) is 37.1 Å². The minimum atomic E-state index is -2.07. The Balaban J connectivity index is 2.49. The molecule has 0 aromatic heterocycles. The average molecular weight is 330 g/mol. The molecule has 2 aromatic rings. The Hall–Kier alpha value is -1.69. The van der Waals surface area contributed by atoms with Gasteiger partial charge in [0.05, 0.1) is 10.8 Å². The van der Waals surface area contributed by atoms with E-state index in [1.165, 1.54) is 0 Å². The highest BCUT2D eigenvalue weighted by molar-refractivity contribution is 7.85. The zero-order valence-corrected chi connectivity index (χ0v) is 12.9. The van der Waals surface area contributed by atoms with Crippen molar-refractivity contribution in [1.29, 1.82) is 0 Å². The molecule has 0 spiro atoms. The smallest absolute Gasteiger partial charge is 0.130 e. The molecule has 6 heteroatoms. The van der Waals surface area contributed by atoms with Gasteiger partial charge >= 0.3 is 0 Å². The standard InChI is InChI=1S/C16H14F4OS/c1-3-11-13(17)5-9(6-14(11)18)22(21)10-7-15(19)12(4-2)16(20)8-10/h5-8H,3-4H2,1-2H3. The van der Waals surface area contributed by atoms with Crippen molar-refractivity contribution < 1.29 is 21.8 Å². The van der Waals surface area contributed by atoms with Gasteiger partial charge in [-0.1, -0.05) is 13.8 Å². The Morgan fingerprint density at radius 2 is 1.00 bits per heavy atom. The lowest BCUT2D eigenvalue weighted by Gasteiger charge is -2.09. The van der Waals surface area contributed by atoms with Gasteiger partial charge in [0.25, 0.3) is 0 Å². The SMILES string of the molecule is CCc1c(F)cc(S(=O)c2cc(F)c(CC)c(F)c2)cc1F. The summed E-state index contributed by atoms with van der Waals surface area (Å²) in [5.74, 6) is -3.29. The Kier molecular flexibility index (Phi) is 5.01. The van der Waals surface area contributed by atoms with Crippen molar-refractivity contribution in [2.75, 3.05) is 0 Å². The predicted octanol–water partition coefficient (Wildman–Crippen LogP) is 4.53. The number of halogens is 4. The van der Waals surface area contributed by atoms with Crippen LogP contribution in [0.4, 0.5) is 17.6 Å². The molecule has 2 rings (SSSR count). The molecule has 1 nitrogen and oxygen atoms in total. The molecular formula is C16H14F4OS. The molecule has 0 N–H and O–H groups in total. The van der Waals surface area contributed by atoms with E-state index < -0.39 is 34.1 Å². The third-order valence-corrected chi connectivity index (χ3v) is 4.69. The van der Waals surface area contributed by atoms with E-state index in [9.17, 15) is 21.8 Å². The Morgan fingerprint density at radius 1 is 0.727 bits per heavy atom. The molecule has 2 aromatic carbocycles. The molecule has 0 aliphatic heterocycles. The summed E-state index contributed by atoms with van der Waals surface area (Å²) in [5, 5.41) is 0. The van der Waals surface area contributed by atoms with E-state index >= 15 is 0 Å². The second kappa shape index (κ2) is 6.60. The topological polar surface area (TPSA) is 17.1 Å². The highest BCUT2D eigenvalue weighted by Gasteiger charge is 2.17. The lowest BCUT2D eigenvalue weighted by molar-refractivity contribution is 0.550. The van der Waals surface area contributed by atoms with Crippen LogP contribution in [-0.2, 0) is 23.6 Å². The third-order valence-electron chi connectivity index (χ3n) is 3.36. The fourth-order valence-electron chi connectivity index (χ4n) is 2.19. The van der Waals surface area contributed by atoms with Gasteiger partial charge in [0, 0.05) is 20.9 Å². The van der Waals surface area contributed by atoms with E-state index in [0.717, 1.165) is 24.3 Å². The molecule has 0 radical (unpaired) electrons. The van der Waals surface area contributed by atoms with Gasteiger partial charge < -0.3 is 0 Å². The summed E-state index contributed by atoms with van der Waals surface area (Å²) in [6.45, 7) is 3.18. The predicted molar refractivity (Wildman–Crippen MR) is 76.1 cm³/mol. The molecule has 0 unspecified atom stereocenters. The van der Waals surface area contributed by atoms with Crippen LogP contribution in [0.2, 0.25) is 0 Å². The van der Waals surface area contributed by atoms with Crippen LogP contribution in [0.5, 0.6) is 0 Å². The average Bonchev–Trinajstić information content (AvgIpc) is 2.45. The maximum atomic E-state index is 13.7. The van der Waals surface area contributed by atoms with E-state index in [0.29, 0.717) is 0 Å². The molecule has 0 bridgehead atoms. The fourth-order valence-corrected chi connectivity index (χ4v) is 3.30. The summed E-state index contributed by atoms with van der Waals surface area (Å²) >= 11 is 0. The maximum Gasteiger partial charge on any atom is 0.130 e. The summed E-state index contributed by atoms with van der Waals surface area (Å²) in [6, 6.07) is 3.73. The minimum Gasteiger partial charge on any atom is -0.249 e. The highest BCUT2D eigenvalue weighted by Crippen LogP contribution is 2.25. The zero-order chi connectivity index (χ0) is 16.4. The van der Waals surface area contributed by atoms with E-state index in [4.69, 9.17) is 0 Å². The van der Waals surface area contributed by atoms with Crippen LogP contribution in [0, 0.1) is 23.3 Å². The van der Waals surface area contributed by atoms with Gasteiger partial charge in [0.15, 0.2) is 0 Å². The summed E-state index contributed by atoms with van der Waals surface area (Å²) in [4.78, 5) is -0.342. The molecule has 118 valence electrons. The molecule has 0 saturated heterocycles. The molecule has 0 fully saturated rings. The first-order chi connectivity index (χ1) is 10.4. The van der Waals surface area contributed by atoms with E-state index in [1.54, 1.807) is 13.8 Å². The maximum absolute atomic E-state index is 13.7. The van der Waals surface area contributed by atoms with Crippen molar-refractivity contribution in [3.63, 3.8) is 0 Å². The Bertz CT molecular complexity index is 635. The molecule has 0 saturated carbocycles. The Labute approximate surface area is 128 Å². The summed E-state index contributed by atoms with van der Waals surface area (Å²) in [7, 11) is -2.07. The molecular weight excluding hydrogens is 316 g/mol. The van der Waals surface area contributed by atoms with Crippen molar-refractivity contribution in [3.8, 4) is 0 Å². The molecule has 0 amide bonds. The van der Waals surface area contributed by atoms with Crippen molar-refractivity contribution in [2.45, 2.75) is 36.5 Å². The summed E-state index contributed by atoms with van der Waals surface area (Å²) in [5.41, 5.74) is -0.223. The number of hydrogen-bond acceptors (Lipinski definition) is 1. The summed E-state index contributed by atoms with van der Waals surface area (Å²) in [6.07, 6.45) is 0.304. The second-order valence-corrected chi connectivity index (χ2v) is 6.19. The highest BCUT2D eigenvalue weighted by atomic mass is 32.2. The second-order valence-electron chi connectivity index (χ2n) is 4.71. The van der Waals surface area contributed by atoms with Gasteiger partial charge in [-0.25, -0.2) is 21.8 Å². The monoisotopic (exact) mass is 330 g/mol. The van der Waals surface area contributed by atoms with Crippen LogP contribution in [0.1, 0.15) is 25.0 Å². The third kappa shape index (κ3) is 3.06. The minimum absolute atomic E-state index is 0.112. The Morgan fingerprint density at radius 3 is 1.23 bits per heavy atom. The first kappa shape index (κ1) is 16.7. The zero-order valence-electron chi connectivity index (χ0n) is 12.1. The van der Waals surface area contributed by atoms with Gasteiger partial charge in [0.1, 0.15) is 23.3 Å². The van der Waals surface area contributed by atoms with Crippen LogP contribution in [0.3, 0.4) is 0 Å². The van der Waals surface area contributed by atoms with E-state index in [-0.39, 0.29) is 33.8 Å². The van der Waals surface area contributed by atoms with Crippen LogP contribution < -0.4 is 0 Å². The molecule has 0 aliphatic carbocycles. The lowest BCUT2D eigenvalue weighted by atomic mass is 10.1. The van der Waals surface area contributed by atoms with Crippen LogP contribution in [0.15, 0.2) is 34.1 Å². The fraction of sp³-hybridized carbons (Fsp3) is 0.250. The molecule has 22 heavy (non-hydrogen) atoms. The lowest BCUT2D eigenvalue weighted by Crippen LogP contribution is -2.02. The molecule has 0 atom stereocenters. The van der Waals surface area contributed by atoms with Gasteiger partial charge in [-0.15, -0.1) is 0 Å². The quantitative estimate of drug-likeness (QED) is 0.753.